The molecule has 1 fully saturated rings. The second-order valence-corrected chi connectivity index (χ2v) is 6.94. The van der Waals surface area contributed by atoms with E-state index >= 15 is 0 Å². The molecule has 0 saturated carbocycles. The van der Waals surface area contributed by atoms with Gasteiger partial charge in [-0.05, 0) is 41.0 Å². The van der Waals surface area contributed by atoms with Gasteiger partial charge in [0.1, 0.15) is 0 Å². The summed E-state index contributed by atoms with van der Waals surface area (Å²) >= 11 is 0. The zero-order valence-corrected chi connectivity index (χ0v) is 15.3. The number of rotatable bonds is 5. The van der Waals surface area contributed by atoms with E-state index in [0.29, 0.717) is 6.04 Å². The van der Waals surface area contributed by atoms with Crippen LogP contribution < -0.4 is 10.2 Å². The van der Waals surface area contributed by atoms with Gasteiger partial charge >= 0.3 is 0 Å². The molecule has 1 heterocycles. The van der Waals surface area contributed by atoms with Crippen LogP contribution in [0.1, 0.15) is 24.1 Å². The second-order valence-electron chi connectivity index (χ2n) is 6.94. The SMILES string of the molecule is C[C@H](NCc1ccc(N2CCOCC2)cc1)c1cccc2ccccc12. The molecule has 1 saturated heterocycles. The molecule has 0 radical (unpaired) electrons. The Hall–Kier alpha value is -2.36. The highest BCUT2D eigenvalue weighted by atomic mass is 16.5. The van der Waals surface area contributed by atoms with Crippen LogP contribution in [0.25, 0.3) is 10.8 Å². The van der Waals surface area contributed by atoms with Crippen molar-refractivity contribution < 1.29 is 4.74 Å². The number of ether oxygens (including phenoxy) is 1. The number of benzene rings is 3. The second kappa shape index (κ2) is 7.90. The average Bonchev–Trinajstić information content (AvgIpc) is 2.72. The zero-order valence-electron chi connectivity index (χ0n) is 15.3. The van der Waals surface area contributed by atoms with E-state index in [1.54, 1.807) is 0 Å². The maximum Gasteiger partial charge on any atom is 0.0642 e. The van der Waals surface area contributed by atoms with Crippen molar-refractivity contribution >= 4 is 16.5 Å². The van der Waals surface area contributed by atoms with Crippen molar-refractivity contribution in [1.29, 1.82) is 0 Å². The molecule has 3 aromatic rings. The van der Waals surface area contributed by atoms with Gasteiger partial charge < -0.3 is 15.0 Å². The van der Waals surface area contributed by atoms with Crippen LogP contribution in [0.3, 0.4) is 0 Å². The fraction of sp³-hybridized carbons (Fsp3) is 0.304. The van der Waals surface area contributed by atoms with E-state index in [4.69, 9.17) is 4.74 Å². The molecule has 1 N–H and O–H groups in total. The standard InChI is InChI=1S/C23H26N2O/c1-18(22-8-4-6-20-5-2-3-7-23(20)22)24-17-19-9-11-21(12-10-19)25-13-15-26-16-14-25/h2-12,18,24H,13-17H2,1H3/t18-/m0/s1. The van der Waals surface area contributed by atoms with Crippen LogP contribution in [-0.2, 0) is 11.3 Å². The van der Waals surface area contributed by atoms with Gasteiger partial charge in [0.25, 0.3) is 0 Å². The lowest BCUT2D eigenvalue weighted by Crippen LogP contribution is -2.36. The fourth-order valence-corrected chi connectivity index (χ4v) is 3.66. The maximum absolute atomic E-state index is 5.43. The minimum absolute atomic E-state index is 0.306. The Labute approximate surface area is 155 Å². The highest BCUT2D eigenvalue weighted by Gasteiger charge is 2.11. The summed E-state index contributed by atoms with van der Waals surface area (Å²) in [4.78, 5) is 2.39. The molecule has 0 unspecified atom stereocenters. The van der Waals surface area contributed by atoms with Gasteiger partial charge in [0.2, 0.25) is 0 Å². The third-order valence-electron chi connectivity index (χ3n) is 5.21. The van der Waals surface area contributed by atoms with Crippen molar-refractivity contribution in [2.45, 2.75) is 19.5 Å². The Kier molecular flexibility index (Phi) is 5.19. The van der Waals surface area contributed by atoms with Gasteiger partial charge in [-0.3, -0.25) is 0 Å². The molecule has 1 aliphatic heterocycles. The van der Waals surface area contributed by atoms with Crippen LogP contribution >= 0.6 is 0 Å². The lowest BCUT2D eigenvalue weighted by molar-refractivity contribution is 0.122. The third-order valence-corrected chi connectivity index (χ3v) is 5.21. The predicted octanol–water partition coefficient (Wildman–Crippen LogP) is 4.53. The lowest BCUT2D eigenvalue weighted by Gasteiger charge is -2.29. The molecule has 134 valence electrons. The van der Waals surface area contributed by atoms with Crippen LogP contribution in [0.5, 0.6) is 0 Å². The van der Waals surface area contributed by atoms with E-state index in [1.807, 2.05) is 0 Å². The normalized spacial score (nSPS) is 16.0. The molecule has 3 aromatic carbocycles. The van der Waals surface area contributed by atoms with Crippen molar-refractivity contribution in [3.8, 4) is 0 Å². The van der Waals surface area contributed by atoms with E-state index in [2.05, 4.69) is 83.9 Å². The summed E-state index contributed by atoms with van der Waals surface area (Å²) in [5, 5.41) is 6.30. The highest BCUT2D eigenvalue weighted by Crippen LogP contribution is 2.24. The summed E-state index contributed by atoms with van der Waals surface area (Å²) in [5.41, 5.74) is 3.96. The number of nitrogens with zero attached hydrogens (tertiary/aromatic N) is 1. The van der Waals surface area contributed by atoms with Crippen LogP contribution in [0.15, 0.2) is 66.7 Å². The molecule has 3 heteroatoms. The number of morpholine rings is 1. The van der Waals surface area contributed by atoms with Gasteiger partial charge in [0.05, 0.1) is 13.2 Å². The van der Waals surface area contributed by atoms with Crippen molar-refractivity contribution in [3.63, 3.8) is 0 Å². The van der Waals surface area contributed by atoms with Crippen LogP contribution in [-0.4, -0.2) is 26.3 Å². The van der Waals surface area contributed by atoms with Gasteiger partial charge in [-0.2, -0.15) is 0 Å². The Morgan fingerprint density at radius 1 is 0.923 bits per heavy atom. The lowest BCUT2D eigenvalue weighted by atomic mass is 9.99. The summed E-state index contributed by atoms with van der Waals surface area (Å²) < 4.78 is 5.43. The van der Waals surface area contributed by atoms with Gasteiger partial charge in [-0.25, -0.2) is 0 Å². The van der Waals surface area contributed by atoms with Crippen molar-refractivity contribution in [1.82, 2.24) is 5.32 Å². The summed E-state index contributed by atoms with van der Waals surface area (Å²) in [6.07, 6.45) is 0. The number of nitrogens with one attached hydrogen (secondary N) is 1. The van der Waals surface area contributed by atoms with E-state index in [9.17, 15) is 0 Å². The predicted molar refractivity (Wildman–Crippen MR) is 109 cm³/mol. The topological polar surface area (TPSA) is 24.5 Å². The molecule has 4 rings (SSSR count). The van der Waals surface area contributed by atoms with Crippen LogP contribution in [0.4, 0.5) is 5.69 Å². The van der Waals surface area contributed by atoms with Crippen LogP contribution in [0, 0.1) is 0 Å². The summed E-state index contributed by atoms with van der Waals surface area (Å²) in [7, 11) is 0. The molecular weight excluding hydrogens is 320 g/mol. The molecule has 0 bridgehead atoms. The number of hydrogen-bond donors (Lipinski definition) is 1. The Morgan fingerprint density at radius 2 is 1.65 bits per heavy atom. The number of anilines is 1. The van der Waals surface area contributed by atoms with Gasteiger partial charge in [-0.15, -0.1) is 0 Å². The monoisotopic (exact) mass is 346 g/mol. The van der Waals surface area contributed by atoms with Crippen molar-refractivity contribution in [2.24, 2.45) is 0 Å². The highest BCUT2D eigenvalue weighted by molar-refractivity contribution is 5.86. The van der Waals surface area contributed by atoms with E-state index in [-0.39, 0.29) is 0 Å². The molecule has 1 atom stereocenters. The average molecular weight is 346 g/mol. The maximum atomic E-state index is 5.43. The minimum Gasteiger partial charge on any atom is -0.378 e. The van der Waals surface area contributed by atoms with Crippen molar-refractivity contribution in [3.05, 3.63) is 77.9 Å². The van der Waals surface area contributed by atoms with E-state index in [1.165, 1.54) is 27.6 Å². The third kappa shape index (κ3) is 3.74. The first kappa shape index (κ1) is 17.1. The fourth-order valence-electron chi connectivity index (χ4n) is 3.66. The molecule has 0 aliphatic carbocycles. The first-order valence-electron chi connectivity index (χ1n) is 9.44. The quantitative estimate of drug-likeness (QED) is 0.735. The zero-order chi connectivity index (χ0) is 17.8. The Bertz CT molecular complexity index is 848. The minimum atomic E-state index is 0.306. The molecule has 0 amide bonds. The molecule has 3 nitrogen and oxygen atoms in total. The van der Waals surface area contributed by atoms with Gasteiger partial charge in [0, 0.05) is 31.4 Å². The first-order valence-corrected chi connectivity index (χ1v) is 9.44. The number of hydrogen-bond acceptors (Lipinski definition) is 3. The van der Waals surface area contributed by atoms with Gasteiger partial charge in [-0.1, -0.05) is 54.6 Å². The molecule has 0 spiro atoms. The van der Waals surface area contributed by atoms with Crippen molar-refractivity contribution in [2.75, 3.05) is 31.2 Å². The Morgan fingerprint density at radius 3 is 2.46 bits per heavy atom. The summed E-state index contributed by atoms with van der Waals surface area (Å²) in [6.45, 7) is 6.72. The molecular formula is C23H26N2O. The first-order chi connectivity index (χ1) is 12.8. The van der Waals surface area contributed by atoms with Crippen LogP contribution in [0.2, 0.25) is 0 Å². The van der Waals surface area contributed by atoms with E-state index in [0.717, 1.165) is 32.8 Å². The molecule has 26 heavy (non-hydrogen) atoms. The summed E-state index contributed by atoms with van der Waals surface area (Å²) in [5.74, 6) is 0. The summed E-state index contributed by atoms with van der Waals surface area (Å²) in [6, 6.07) is 24.4. The Balaban J connectivity index is 1.41. The largest absolute Gasteiger partial charge is 0.378 e. The number of fused-ring (bicyclic) bond motifs is 1. The molecule has 1 aliphatic rings. The molecule has 0 aromatic heterocycles. The van der Waals surface area contributed by atoms with Gasteiger partial charge in [0.15, 0.2) is 0 Å². The van der Waals surface area contributed by atoms with E-state index < -0.39 is 0 Å². The smallest absolute Gasteiger partial charge is 0.0642 e.